The third-order valence-electron chi connectivity index (χ3n) is 2.47. The Morgan fingerprint density at radius 1 is 0.889 bits per heavy atom. The lowest BCUT2D eigenvalue weighted by Crippen LogP contribution is -1.75. The van der Waals surface area contributed by atoms with Crippen LogP contribution in [0.15, 0.2) is 55.1 Å². The Bertz CT molecular complexity index is 469. The largest absolute Gasteiger partial charge is 0.508 e. The fraction of sp³-hybridized carbons (Fsp3) is 0.125. The first-order chi connectivity index (χ1) is 8.65. The Morgan fingerprint density at radius 2 is 1.33 bits per heavy atom. The first-order valence-corrected chi connectivity index (χ1v) is 5.85. The van der Waals surface area contributed by atoms with Crippen LogP contribution in [-0.2, 0) is 6.42 Å². The topological polar surface area (TPSA) is 40.5 Å². The van der Waals surface area contributed by atoms with E-state index in [-0.39, 0.29) is 0 Å². The molecule has 0 bridgehead atoms. The Labute approximate surface area is 108 Å². The predicted molar refractivity (Wildman–Crippen MR) is 75.7 cm³/mol. The van der Waals surface area contributed by atoms with Crippen LogP contribution in [-0.4, -0.2) is 10.2 Å². The summed E-state index contributed by atoms with van der Waals surface area (Å²) < 4.78 is 0. The quantitative estimate of drug-likeness (QED) is 0.836. The van der Waals surface area contributed by atoms with Gasteiger partial charge in [-0.2, -0.15) is 0 Å². The molecule has 2 heteroatoms. The molecule has 0 unspecified atom stereocenters. The molecule has 2 rings (SSSR count). The Balaban J connectivity index is 0.000000180. The van der Waals surface area contributed by atoms with E-state index >= 15 is 0 Å². The summed E-state index contributed by atoms with van der Waals surface area (Å²) in [5.74, 6) is 0.632. The summed E-state index contributed by atoms with van der Waals surface area (Å²) in [5.41, 5.74) is 2.28. The van der Waals surface area contributed by atoms with Crippen LogP contribution in [0, 0.1) is 0 Å². The second kappa shape index (κ2) is 7.17. The molecule has 0 aliphatic rings. The number of rotatable bonds is 2. The molecule has 0 aromatic heterocycles. The minimum Gasteiger partial charge on any atom is -0.508 e. The molecule has 0 heterocycles. The van der Waals surface area contributed by atoms with Crippen LogP contribution >= 0.6 is 0 Å². The smallest absolute Gasteiger partial charge is 0.115 e. The fourth-order valence-corrected chi connectivity index (χ4v) is 1.34. The van der Waals surface area contributed by atoms with Gasteiger partial charge in [-0.3, -0.25) is 0 Å². The summed E-state index contributed by atoms with van der Waals surface area (Å²) in [5, 5.41) is 17.7. The Morgan fingerprint density at radius 3 is 1.72 bits per heavy atom. The zero-order valence-corrected chi connectivity index (χ0v) is 10.5. The molecule has 2 aromatic rings. The Kier molecular flexibility index (Phi) is 5.52. The number of benzene rings is 2. The van der Waals surface area contributed by atoms with Gasteiger partial charge in [0.2, 0.25) is 0 Å². The number of phenolic OH excluding ortho intramolecular Hbond substituents is 2. The van der Waals surface area contributed by atoms with Crippen molar-refractivity contribution in [2.24, 2.45) is 0 Å². The molecule has 0 spiro atoms. The van der Waals surface area contributed by atoms with Crippen molar-refractivity contribution in [1.82, 2.24) is 0 Å². The second-order valence-corrected chi connectivity index (χ2v) is 3.82. The highest BCUT2D eigenvalue weighted by molar-refractivity contribution is 5.47. The van der Waals surface area contributed by atoms with Crippen molar-refractivity contribution in [3.05, 3.63) is 66.2 Å². The normalized spacial score (nSPS) is 9.17. The first kappa shape index (κ1) is 13.8. The Hall–Kier alpha value is -2.22. The monoisotopic (exact) mass is 242 g/mol. The van der Waals surface area contributed by atoms with Gasteiger partial charge in [-0.1, -0.05) is 43.8 Å². The minimum atomic E-state index is 0.292. The van der Waals surface area contributed by atoms with Crippen LogP contribution in [0.25, 0.3) is 6.08 Å². The highest BCUT2D eigenvalue weighted by Crippen LogP contribution is 2.10. The minimum absolute atomic E-state index is 0.292. The number of phenols is 2. The molecule has 0 saturated heterocycles. The van der Waals surface area contributed by atoms with E-state index < -0.39 is 0 Å². The van der Waals surface area contributed by atoms with E-state index in [1.807, 2.05) is 24.3 Å². The molecule has 0 amide bonds. The number of hydrogen-bond acceptors (Lipinski definition) is 2. The van der Waals surface area contributed by atoms with E-state index in [2.05, 4.69) is 13.5 Å². The lowest BCUT2D eigenvalue weighted by Gasteiger charge is -1.93. The first-order valence-electron chi connectivity index (χ1n) is 5.85. The number of hydrogen-bond donors (Lipinski definition) is 2. The molecule has 0 saturated carbocycles. The van der Waals surface area contributed by atoms with Crippen molar-refractivity contribution in [2.45, 2.75) is 13.3 Å². The summed E-state index contributed by atoms with van der Waals surface area (Å²) in [6.45, 7) is 5.67. The van der Waals surface area contributed by atoms with E-state index in [4.69, 9.17) is 10.2 Å². The molecule has 94 valence electrons. The van der Waals surface area contributed by atoms with Gasteiger partial charge in [0.1, 0.15) is 11.5 Å². The van der Waals surface area contributed by atoms with E-state index in [1.165, 1.54) is 5.56 Å². The molecule has 2 N–H and O–H groups in total. The number of aromatic hydroxyl groups is 2. The highest BCUT2D eigenvalue weighted by Gasteiger charge is 1.86. The summed E-state index contributed by atoms with van der Waals surface area (Å²) in [4.78, 5) is 0. The van der Waals surface area contributed by atoms with Gasteiger partial charge in [-0.15, -0.1) is 0 Å². The lowest BCUT2D eigenvalue weighted by molar-refractivity contribution is 0.474. The van der Waals surface area contributed by atoms with Crippen LogP contribution in [0.5, 0.6) is 11.5 Å². The van der Waals surface area contributed by atoms with E-state index in [1.54, 1.807) is 30.3 Å². The average molecular weight is 242 g/mol. The van der Waals surface area contributed by atoms with E-state index in [0.717, 1.165) is 12.0 Å². The van der Waals surface area contributed by atoms with Gasteiger partial charge in [0.15, 0.2) is 0 Å². The van der Waals surface area contributed by atoms with Crippen molar-refractivity contribution in [3.63, 3.8) is 0 Å². The maximum atomic E-state index is 8.85. The van der Waals surface area contributed by atoms with Gasteiger partial charge in [0, 0.05) is 0 Å². The zero-order chi connectivity index (χ0) is 13.4. The van der Waals surface area contributed by atoms with Crippen molar-refractivity contribution in [1.29, 1.82) is 0 Å². The molecule has 0 aliphatic carbocycles. The molecule has 0 radical (unpaired) electrons. The number of aryl methyl sites for hydroxylation is 1. The van der Waals surface area contributed by atoms with Crippen LogP contribution in [0.3, 0.4) is 0 Å². The highest BCUT2D eigenvalue weighted by atomic mass is 16.3. The fourth-order valence-electron chi connectivity index (χ4n) is 1.34. The maximum Gasteiger partial charge on any atom is 0.115 e. The van der Waals surface area contributed by atoms with Gasteiger partial charge in [-0.05, 0) is 41.8 Å². The van der Waals surface area contributed by atoms with E-state index in [0.29, 0.717) is 11.5 Å². The van der Waals surface area contributed by atoms with E-state index in [9.17, 15) is 0 Å². The van der Waals surface area contributed by atoms with Crippen molar-refractivity contribution < 1.29 is 10.2 Å². The van der Waals surface area contributed by atoms with Gasteiger partial charge in [0.25, 0.3) is 0 Å². The standard InChI is InChI=1S/C8H10O.C8H8O/c2*1-2-7-3-5-8(9)6-4-7/h3-6,9H,2H2,1H3;2-6,9H,1H2. The van der Waals surface area contributed by atoms with Gasteiger partial charge >= 0.3 is 0 Å². The summed E-state index contributed by atoms with van der Waals surface area (Å²) in [7, 11) is 0. The van der Waals surface area contributed by atoms with Crippen LogP contribution in [0.1, 0.15) is 18.1 Å². The van der Waals surface area contributed by atoms with Gasteiger partial charge in [-0.25, -0.2) is 0 Å². The molecule has 2 aromatic carbocycles. The lowest BCUT2D eigenvalue weighted by atomic mass is 10.2. The molecular weight excluding hydrogens is 224 g/mol. The predicted octanol–water partition coefficient (Wildman–Crippen LogP) is 3.99. The van der Waals surface area contributed by atoms with Crippen LogP contribution < -0.4 is 0 Å². The van der Waals surface area contributed by atoms with Crippen molar-refractivity contribution >= 4 is 6.08 Å². The summed E-state index contributed by atoms with van der Waals surface area (Å²) in [6.07, 6.45) is 2.76. The molecule has 0 aliphatic heterocycles. The second-order valence-electron chi connectivity index (χ2n) is 3.82. The molecular formula is C16H18O2. The van der Waals surface area contributed by atoms with Gasteiger partial charge < -0.3 is 10.2 Å². The average Bonchev–Trinajstić information content (AvgIpc) is 2.41. The van der Waals surface area contributed by atoms with Gasteiger partial charge in [0.05, 0.1) is 0 Å². The summed E-state index contributed by atoms with van der Waals surface area (Å²) >= 11 is 0. The molecule has 2 nitrogen and oxygen atoms in total. The summed E-state index contributed by atoms with van der Waals surface area (Å²) in [6, 6.07) is 14.2. The molecule has 18 heavy (non-hydrogen) atoms. The van der Waals surface area contributed by atoms with Crippen LogP contribution in [0.2, 0.25) is 0 Å². The zero-order valence-electron chi connectivity index (χ0n) is 10.5. The third-order valence-corrected chi connectivity index (χ3v) is 2.47. The molecule has 0 fully saturated rings. The van der Waals surface area contributed by atoms with Crippen molar-refractivity contribution in [2.75, 3.05) is 0 Å². The van der Waals surface area contributed by atoms with Crippen LogP contribution in [0.4, 0.5) is 0 Å². The third kappa shape index (κ3) is 4.74. The molecule has 0 atom stereocenters. The maximum absolute atomic E-state index is 8.85. The SMILES string of the molecule is C=Cc1ccc(O)cc1.CCc1ccc(O)cc1. The van der Waals surface area contributed by atoms with Crippen molar-refractivity contribution in [3.8, 4) is 11.5 Å².